The fraction of sp³-hybridized carbons (Fsp3) is 0.600. The Labute approximate surface area is 108 Å². The lowest BCUT2D eigenvalue weighted by molar-refractivity contribution is -0.154. The molecule has 0 N–H and O–H groups in total. The molecule has 1 amide bonds. The molecule has 0 spiro atoms. The molecule has 104 valence electrons. The van der Waals surface area contributed by atoms with Crippen molar-refractivity contribution in [1.82, 2.24) is 0 Å². The van der Waals surface area contributed by atoms with Crippen molar-refractivity contribution in [3.05, 3.63) is 10.4 Å². The first kappa shape index (κ1) is 16.6. The molecule has 9 heteroatoms. The van der Waals surface area contributed by atoms with Gasteiger partial charge in [-0.05, 0) is 17.1 Å². The van der Waals surface area contributed by atoms with Crippen molar-refractivity contribution in [2.45, 2.75) is 19.3 Å². The average molecular weight is 271 g/mol. The van der Waals surface area contributed by atoms with Gasteiger partial charge in [0.05, 0.1) is 20.1 Å². The third-order valence-corrected chi connectivity index (χ3v) is 2.24. The summed E-state index contributed by atoms with van der Waals surface area (Å²) < 4.78 is 8.68. The highest BCUT2D eigenvalue weighted by atomic mass is 16.5. The molecule has 0 aromatic carbocycles. The molecule has 0 aromatic rings. The van der Waals surface area contributed by atoms with Gasteiger partial charge in [0, 0.05) is 17.8 Å². The van der Waals surface area contributed by atoms with Crippen molar-refractivity contribution in [1.29, 1.82) is 0 Å². The Balaban J connectivity index is 4.60. The molecular formula is C10H13N3O6. The van der Waals surface area contributed by atoms with Gasteiger partial charge >= 0.3 is 11.9 Å². The lowest BCUT2D eigenvalue weighted by Gasteiger charge is -2.11. The number of carbonyl (C=O) groups is 4. The number of rotatable bonds is 7. The number of amides is 1. The van der Waals surface area contributed by atoms with Crippen molar-refractivity contribution in [3.63, 3.8) is 0 Å². The molecule has 0 saturated carbocycles. The number of Topliss-reactive ketones (excluding diaryl/α,β-unsaturated/α-hetero) is 1. The zero-order valence-electron chi connectivity index (χ0n) is 10.5. The van der Waals surface area contributed by atoms with E-state index in [-0.39, 0.29) is 12.8 Å². The van der Waals surface area contributed by atoms with Gasteiger partial charge in [-0.3, -0.25) is 14.4 Å². The van der Waals surface area contributed by atoms with Crippen LogP contribution in [0.3, 0.4) is 0 Å². The summed E-state index contributed by atoms with van der Waals surface area (Å²) >= 11 is 0. The largest absolute Gasteiger partial charge is 0.469 e. The minimum absolute atomic E-state index is 0.0622. The fourth-order valence-corrected chi connectivity index (χ4v) is 1.29. The highest BCUT2D eigenvalue weighted by Gasteiger charge is 2.26. The predicted octanol–water partition coefficient (Wildman–Crippen LogP) is 0.525. The van der Waals surface area contributed by atoms with Crippen LogP contribution in [0, 0.1) is 5.92 Å². The van der Waals surface area contributed by atoms with Crippen molar-refractivity contribution >= 4 is 23.6 Å². The molecular weight excluding hydrogens is 258 g/mol. The summed E-state index contributed by atoms with van der Waals surface area (Å²) in [5, 5.41) is 2.83. The van der Waals surface area contributed by atoms with E-state index in [1.807, 2.05) is 0 Å². The molecule has 0 aromatic heterocycles. The van der Waals surface area contributed by atoms with E-state index in [0.717, 1.165) is 14.2 Å². The maximum atomic E-state index is 11.4. The van der Waals surface area contributed by atoms with E-state index in [1.165, 1.54) is 0 Å². The first-order chi connectivity index (χ1) is 8.96. The normalized spacial score (nSPS) is 10.8. The molecule has 0 radical (unpaired) electrons. The van der Waals surface area contributed by atoms with Crippen LogP contribution in [0.2, 0.25) is 0 Å². The molecule has 0 bridgehead atoms. The maximum Gasteiger partial charge on any atom is 0.374 e. The number of methoxy groups -OCH3 is 2. The first-order valence-corrected chi connectivity index (χ1v) is 5.23. The van der Waals surface area contributed by atoms with Gasteiger partial charge in [-0.15, -0.1) is 0 Å². The van der Waals surface area contributed by atoms with Crippen LogP contribution < -0.4 is 0 Å². The van der Waals surface area contributed by atoms with Crippen molar-refractivity contribution < 1.29 is 28.7 Å². The Kier molecular flexibility index (Phi) is 7.55. The number of hydrogen-bond acceptors (Lipinski definition) is 6. The zero-order valence-corrected chi connectivity index (χ0v) is 10.5. The van der Waals surface area contributed by atoms with Crippen LogP contribution in [-0.2, 0) is 28.7 Å². The first-order valence-electron chi connectivity index (χ1n) is 5.23. The van der Waals surface area contributed by atoms with Gasteiger partial charge in [0.2, 0.25) is 11.7 Å². The number of esters is 2. The molecule has 0 fully saturated rings. The van der Waals surface area contributed by atoms with Gasteiger partial charge in [0.15, 0.2) is 0 Å². The number of hydrogen-bond donors (Lipinski definition) is 0. The minimum Gasteiger partial charge on any atom is -0.469 e. The monoisotopic (exact) mass is 271 g/mol. The zero-order chi connectivity index (χ0) is 14.8. The standard InChI is InChI=1S/C10H13N3O6/c1-18-9(16)6(3-4-8(15)12-13-11)5-7(14)10(17)19-2/h6H,3-5H2,1-2H3. The van der Waals surface area contributed by atoms with E-state index in [4.69, 9.17) is 5.53 Å². The summed E-state index contributed by atoms with van der Waals surface area (Å²) in [5.41, 5.74) is 8.04. The molecule has 9 nitrogen and oxygen atoms in total. The number of azide groups is 1. The van der Waals surface area contributed by atoms with E-state index in [0.29, 0.717) is 0 Å². The molecule has 0 aliphatic carbocycles. The summed E-state index contributed by atoms with van der Waals surface area (Å²) in [6.45, 7) is 0. The Bertz CT molecular complexity index is 427. The number of ether oxygens (including phenoxy) is 2. The van der Waals surface area contributed by atoms with Gasteiger partial charge in [0.25, 0.3) is 0 Å². The summed E-state index contributed by atoms with van der Waals surface area (Å²) in [6, 6.07) is 0. The predicted molar refractivity (Wildman–Crippen MR) is 60.5 cm³/mol. The van der Waals surface area contributed by atoms with E-state index < -0.39 is 36.0 Å². The quantitative estimate of drug-likeness (QED) is 0.218. The SMILES string of the molecule is COC(=O)C(=O)CC(CCC(=O)N=[N+]=[N-])C(=O)OC. The van der Waals surface area contributed by atoms with Crippen molar-refractivity contribution in [3.8, 4) is 0 Å². The number of ketones is 1. The van der Waals surface area contributed by atoms with Gasteiger partial charge in [-0.2, -0.15) is 0 Å². The Morgan fingerprint density at radius 2 is 1.84 bits per heavy atom. The van der Waals surface area contributed by atoms with E-state index in [2.05, 4.69) is 19.5 Å². The fourth-order valence-electron chi connectivity index (χ4n) is 1.29. The topological polar surface area (TPSA) is 136 Å². The molecule has 0 aliphatic rings. The van der Waals surface area contributed by atoms with Crippen LogP contribution in [-0.4, -0.2) is 37.8 Å². The van der Waals surface area contributed by atoms with E-state index in [9.17, 15) is 19.2 Å². The highest BCUT2D eigenvalue weighted by molar-refractivity contribution is 6.33. The van der Waals surface area contributed by atoms with Crippen LogP contribution in [0.25, 0.3) is 10.4 Å². The van der Waals surface area contributed by atoms with Crippen molar-refractivity contribution in [2.24, 2.45) is 11.0 Å². The molecule has 0 rings (SSSR count). The van der Waals surface area contributed by atoms with Gasteiger partial charge < -0.3 is 9.47 Å². The second kappa shape index (κ2) is 8.65. The molecule has 1 atom stereocenters. The maximum absolute atomic E-state index is 11.4. The minimum atomic E-state index is -1.07. The summed E-state index contributed by atoms with van der Waals surface area (Å²) in [4.78, 5) is 46.9. The Morgan fingerprint density at radius 3 is 2.32 bits per heavy atom. The van der Waals surface area contributed by atoms with Crippen LogP contribution in [0.15, 0.2) is 5.11 Å². The smallest absolute Gasteiger partial charge is 0.374 e. The molecule has 19 heavy (non-hydrogen) atoms. The van der Waals surface area contributed by atoms with E-state index >= 15 is 0 Å². The lowest BCUT2D eigenvalue weighted by atomic mass is 9.97. The van der Waals surface area contributed by atoms with Crippen LogP contribution in [0.4, 0.5) is 0 Å². The highest BCUT2D eigenvalue weighted by Crippen LogP contribution is 2.15. The van der Waals surface area contributed by atoms with Crippen molar-refractivity contribution in [2.75, 3.05) is 14.2 Å². The van der Waals surface area contributed by atoms with Crippen LogP contribution >= 0.6 is 0 Å². The summed E-state index contributed by atoms with van der Waals surface area (Å²) in [6.07, 6.45) is -0.714. The molecule has 0 heterocycles. The van der Waals surface area contributed by atoms with E-state index in [1.54, 1.807) is 0 Å². The number of nitrogens with zero attached hydrogens (tertiary/aromatic N) is 3. The molecule has 0 aliphatic heterocycles. The average Bonchev–Trinajstić information content (AvgIpc) is 2.41. The third kappa shape index (κ3) is 6.18. The second-order valence-electron chi connectivity index (χ2n) is 3.46. The lowest BCUT2D eigenvalue weighted by Crippen LogP contribution is -2.25. The Morgan fingerprint density at radius 1 is 1.21 bits per heavy atom. The molecule has 1 unspecified atom stereocenters. The third-order valence-electron chi connectivity index (χ3n) is 2.24. The Hall–Kier alpha value is -2.41. The second-order valence-corrected chi connectivity index (χ2v) is 3.46. The summed E-state index contributed by atoms with van der Waals surface area (Å²) in [7, 11) is 2.16. The molecule has 0 saturated heterocycles. The number of carbonyl (C=O) groups excluding carboxylic acids is 4. The van der Waals surface area contributed by atoms with Gasteiger partial charge in [0.1, 0.15) is 0 Å². The van der Waals surface area contributed by atoms with Crippen LogP contribution in [0.1, 0.15) is 19.3 Å². The van der Waals surface area contributed by atoms with Gasteiger partial charge in [-0.25, -0.2) is 4.79 Å². The van der Waals surface area contributed by atoms with Crippen LogP contribution in [0.5, 0.6) is 0 Å². The van der Waals surface area contributed by atoms with Gasteiger partial charge in [-0.1, -0.05) is 0 Å². The summed E-state index contributed by atoms with van der Waals surface area (Å²) in [5.74, 6) is -4.42.